The molecule has 4 aromatic rings. The number of fused-ring (bicyclic) bond motifs is 5. The SMILES string of the molecule is C#Cc1cccc2cc(O)cc(-c3cc4cc(OCC56CCCN5CCC6)nc(N5CC6CCC(C5)N6)c4cn3)c12. The number of aromatic hydroxyl groups is 1. The molecule has 0 amide bonds. The van der Waals surface area contributed by atoms with Crippen LogP contribution in [0.15, 0.2) is 48.7 Å². The van der Waals surface area contributed by atoms with E-state index in [2.05, 4.69) is 33.2 Å². The number of aromatic nitrogens is 2. The fraction of sp³-hybridized carbons (Fsp3) is 0.412. The lowest BCUT2D eigenvalue weighted by Crippen LogP contribution is -2.51. The molecule has 2 bridgehead atoms. The maximum Gasteiger partial charge on any atom is 0.215 e. The van der Waals surface area contributed by atoms with Crippen LogP contribution in [0.2, 0.25) is 0 Å². The van der Waals surface area contributed by atoms with Crippen molar-refractivity contribution in [3.8, 4) is 35.2 Å². The maximum absolute atomic E-state index is 10.6. The van der Waals surface area contributed by atoms with E-state index >= 15 is 0 Å². The van der Waals surface area contributed by atoms with Crippen LogP contribution in [-0.4, -0.2) is 70.4 Å². The zero-order valence-corrected chi connectivity index (χ0v) is 23.3. The van der Waals surface area contributed by atoms with Crippen molar-refractivity contribution in [2.45, 2.75) is 56.1 Å². The second kappa shape index (κ2) is 9.61. The van der Waals surface area contributed by atoms with Crippen LogP contribution >= 0.6 is 0 Å². The Morgan fingerprint density at radius 1 is 1.05 bits per heavy atom. The Hall–Kier alpha value is -3.86. The van der Waals surface area contributed by atoms with Crippen LogP contribution in [0.5, 0.6) is 11.6 Å². The summed E-state index contributed by atoms with van der Waals surface area (Å²) in [5.41, 5.74) is 2.52. The van der Waals surface area contributed by atoms with Gasteiger partial charge in [-0.15, -0.1) is 6.42 Å². The third kappa shape index (κ3) is 4.20. The molecule has 2 N–H and O–H groups in total. The van der Waals surface area contributed by atoms with Gasteiger partial charge in [-0.25, -0.2) is 0 Å². The molecule has 4 aliphatic rings. The quantitative estimate of drug-likeness (QED) is 0.339. The smallest absolute Gasteiger partial charge is 0.215 e. The van der Waals surface area contributed by atoms with Gasteiger partial charge in [-0.2, -0.15) is 4.98 Å². The molecule has 7 heteroatoms. The summed E-state index contributed by atoms with van der Waals surface area (Å²) in [7, 11) is 0. The number of piperazine rings is 1. The van der Waals surface area contributed by atoms with Gasteiger partial charge in [-0.3, -0.25) is 9.88 Å². The van der Waals surface area contributed by atoms with Gasteiger partial charge in [-0.05, 0) is 86.7 Å². The summed E-state index contributed by atoms with van der Waals surface area (Å²) in [6.45, 7) is 4.90. The molecular weight excluding hydrogens is 510 g/mol. The Labute approximate surface area is 240 Å². The van der Waals surface area contributed by atoms with Gasteiger partial charge in [0.25, 0.3) is 0 Å². The fourth-order valence-electron chi connectivity index (χ4n) is 7.94. The molecule has 0 saturated carbocycles. The summed E-state index contributed by atoms with van der Waals surface area (Å²) in [4.78, 5) is 15.1. The van der Waals surface area contributed by atoms with Crippen molar-refractivity contribution in [1.82, 2.24) is 20.2 Å². The Kier molecular flexibility index (Phi) is 5.84. The Morgan fingerprint density at radius 2 is 1.85 bits per heavy atom. The van der Waals surface area contributed by atoms with Crippen molar-refractivity contribution < 1.29 is 9.84 Å². The summed E-state index contributed by atoms with van der Waals surface area (Å²) >= 11 is 0. The molecule has 41 heavy (non-hydrogen) atoms. The topological polar surface area (TPSA) is 73.8 Å². The molecule has 2 aromatic carbocycles. The van der Waals surface area contributed by atoms with E-state index < -0.39 is 0 Å². The van der Waals surface area contributed by atoms with Gasteiger partial charge in [0.1, 0.15) is 18.2 Å². The minimum atomic E-state index is 0.153. The molecule has 2 atom stereocenters. The van der Waals surface area contributed by atoms with Gasteiger partial charge >= 0.3 is 0 Å². The van der Waals surface area contributed by atoms with Crippen LogP contribution in [0.1, 0.15) is 44.1 Å². The molecule has 208 valence electrons. The number of nitrogens with zero attached hydrogens (tertiary/aromatic N) is 4. The molecule has 6 heterocycles. The van der Waals surface area contributed by atoms with Crippen molar-refractivity contribution in [3.05, 3.63) is 54.2 Å². The molecule has 7 nitrogen and oxygen atoms in total. The molecule has 2 aromatic heterocycles. The zero-order chi connectivity index (χ0) is 27.6. The van der Waals surface area contributed by atoms with Crippen molar-refractivity contribution in [3.63, 3.8) is 0 Å². The van der Waals surface area contributed by atoms with Gasteiger partial charge in [0.2, 0.25) is 5.88 Å². The lowest BCUT2D eigenvalue weighted by Gasteiger charge is -2.35. The average Bonchev–Trinajstić information content (AvgIpc) is 3.68. The summed E-state index contributed by atoms with van der Waals surface area (Å²) in [6, 6.07) is 14.5. The summed E-state index contributed by atoms with van der Waals surface area (Å²) in [5, 5.41) is 18.2. The Balaban J connectivity index is 1.24. The second-order valence-electron chi connectivity index (χ2n) is 12.4. The van der Waals surface area contributed by atoms with E-state index in [0.717, 1.165) is 57.3 Å². The number of hydrogen-bond donors (Lipinski definition) is 2. The lowest BCUT2D eigenvalue weighted by atomic mass is 9.95. The van der Waals surface area contributed by atoms with E-state index in [-0.39, 0.29) is 11.3 Å². The first kappa shape index (κ1) is 24.9. The third-order valence-electron chi connectivity index (χ3n) is 9.88. The van der Waals surface area contributed by atoms with Crippen LogP contribution in [0.4, 0.5) is 5.82 Å². The molecule has 0 aliphatic carbocycles. The number of phenols is 1. The predicted octanol–water partition coefficient (Wildman–Crippen LogP) is 5.08. The molecule has 4 fully saturated rings. The predicted molar refractivity (Wildman–Crippen MR) is 163 cm³/mol. The zero-order valence-electron chi connectivity index (χ0n) is 23.3. The van der Waals surface area contributed by atoms with E-state index in [1.165, 1.54) is 51.6 Å². The standard InChI is InChI=1S/C34H35N5O2/c1-2-22-6-3-7-23-14-27(40)17-28(32(22)23)30-15-24-16-31(41-21-34-10-4-12-39(34)13-5-11-34)37-33(29(24)18-35-30)38-19-25-8-9-26(20-38)36-25/h1,3,6-7,14-18,25-26,36,40H,4-5,8-13,19-21H2. The van der Waals surface area contributed by atoms with Gasteiger partial charge < -0.3 is 20.1 Å². The lowest BCUT2D eigenvalue weighted by molar-refractivity contribution is 0.111. The van der Waals surface area contributed by atoms with Crippen LogP contribution in [-0.2, 0) is 0 Å². The van der Waals surface area contributed by atoms with Gasteiger partial charge in [0.15, 0.2) is 0 Å². The summed E-state index contributed by atoms with van der Waals surface area (Å²) in [5.74, 6) is 4.63. The minimum Gasteiger partial charge on any atom is -0.508 e. The molecule has 4 aliphatic heterocycles. The highest BCUT2D eigenvalue weighted by molar-refractivity contribution is 6.03. The molecule has 2 unspecified atom stereocenters. The largest absolute Gasteiger partial charge is 0.508 e. The maximum atomic E-state index is 10.6. The average molecular weight is 546 g/mol. The number of rotatable bonds is 5. The van der Waals surface area contributed by atoms with Gasteiger partial charge in [0.05, 0.1) is 11.2 Å². The molecule has 4 saturated heterocycles. The highest BCUT2D eigenvalue weighted by Gasteiger charge is 2.45. The van der Waals surface area contributed by atoms with E-state index in [0.29, 0.717) is 24.6 Å². The first-order valence-electron chi connectivity index (χ1n) is 15.0. The second-order valence-corrected chi connectivity index (χ2v) is 12.4. The van der Waals surface area contributed by atoms with Crippen LogP contribution in [0.25, 0.3) is 32.8 Å². The molecular formula is C34H35N5O2. The minimum absolute atomic E-state index is 0.153. The monoisotopic (exact) mass is 545 g/mol. The van der Waals surface area contributed by atoms with Gasteiger partial charge in [0, 0.05) is 59.3 Å². The van der Waals surface area contributed by atoms with Crippen LogP contribution in [0.3, 0.4) is 0 Å². The first-order valence-corrected chi connectivity index (χ1v) is 15.0. The van der Waals surface area contributed by atoms with E-state index in [1.54, 1.807) is 12.1 Å². The first-order chi connectivity index (χ1) is 20.1. The normalized spacial score (nSPS) is 23.2. The van der Waals surface area contributed by atoms with Crippen molar-refractivity contribution in [2.24, 2.45) is 0 Å². The fourth-order valence-corrected chi connectivity index (χ4v) is 7.94. The van der Waals surface area contributed by atoms with E-state index in [9.17, 15) is 5.11 Å². The Morgan fingerprint density at radius 3 is 2.63 bits per heavy atom. The third-order valence-corrected chi connectivity index (χ3v) is 9.88. The number of nitrogens with one attached hydrogen (secondary N) is 1. The van der Waals surface area contributed by atoms with Crippen LogP contribution < -0.4 is 15.0 Å². The Bertz CT molecular complexity index is 1690. The number of benzene rings is 2. The summed E-state index contributed by atoms with van der Waals surface area (Å²) in [6.07, 6.45) is 15.1. The highest BCUT2D eigenvalue weighted by Crippen LogP contribution is 2.41. The number of terminal acetylenes is 1. The van der Waals surface area contributed by atoms with Crippen molar-refractivity contribution in [2.75, 3.05) is 37.7 Å². The van der Waals surface area contributed by atoms with Crippen LogP contribution in [0, 0.1) is 12.3 Å². The molecule has 8 rings (SSSR count). The highest BCUT2D eigenvalue weighted by atomic mass is 16.5. The van der Waals surface area contributed by atoms with Gasteiger partial charge in [-0.1, -0.05) is 18.1 Å². The summed E-state index contributed by atoms with van der Waals surface area (Å²) < 4.78 is 6.59. The number of phenolic OH excluding ortho intramolecular Hbond substituents is 1. The molecule has 0 radical (unpaired) electrons. The number of ether oxygens (including phenoxy) is 1. The van der Waals surface area contributed by atoms with Crippen molar-refractivity contribution in [1.29, 1.82) is 0 Å². The van der Waals surface area contributed by atoms with E-state index in [4.69, 9.17) is 21.1 Å². The number of anilines is 1. The number of hydrogen-bond acceptors (Lipinski definition) is 7. The van der Waals surface area contributed by atoms with Crippen molar-refractivity contribution >= 4 is 27.4 Å². The number of pyridine rings is 2. The molecule has 0 spiro atoms. The van der Waals surface area contributed by atoms with E-state index in [1.807, 2.05) is 24.4 Å².